The molecule has 0 aromatic carbocycles. The van der Waals surface area contributed by atoms with Gasteiger partial charge in [0.25, 0.3) is 0 Å². The van der Waals surface area contributed by atoms with Gasteiger partial charge >= 0.3 is 7.82 Å². The molecule has 7 heteroatoms. The van der Waals surface area contributed by atoms with Crippen molar-refractivity contribution in [2.75, 3.05) is 13.2 Å². The predicted octanol–water partition coefficient (Wildman–Crippen LogP) is -1.19. The van der Waals surface area contributed by atoms with E-state index in [-0.39, 0.29) is 6.61 Å². The minimum Gasteiger partial charge on any atom is -0.394 e. The molecule has 0 aliphatic carbocycles. The van der Waals surface area contributed by atoms with Crippen LogP contribution in [0.5, 0.6) is 0 Å². The number of phosphoric ester groups is 1. The number of phosphoric acid groups is 1. The maximum Gasteiger partial charge on any atom is 0.469 e. The lowest BCUT2D eigenvalue weighted by Crippen LogP contribution is -2.44. The maximum atomic E-state index is 10.1. The third kappa shape index (κ3) is 6.43. The Bertz CT molecular complexity index is 164. The summed E-state index contributed by atoms with van der Waals surface area (Å²) in [5.74, 6) is 0. The Kier molecular flexibility index (Phi) is 3.63. The highest BCUT2D eigenvalue weighted by molar-refractivity contribution is 7.46. The number of aliphatic hydroxyl groups is 1. The zero-order chi connectivity index (χ0) is 9.12. The number of hydrogen-bond donors (Lipinski definition) is 4. The topological polar surface area (TPSA) is 113 Å². The normalized spacial score (nSPS) is 17.9. The van der Waals surface area contributed by atoms with Crippen molar-refractivity contribution in [3.8, 4) is 0 Å². The highest BCUT2D eigenvalue weighted by Crippen LogP contribution is 2.36. The molecule has 0 amide bonds. The molecule has 5 N–H and O–H groups in total. The SMILES string of the molecule is CC(N)(CO)COP(=O)(O)O. The van der Waals surface area contributed by atoms with Gasteiger partial charge in [-0.25, -0.2) is 4.57 Å². The number of hydrogen-bond acceptors (Lipinski definition) is 4. The minimum absolute atomic E-state index is 0.381. The van der Waals surface area contributed by atoms with E-state index < -0.39 is 20.0 Å². The van der Waals surface area contributed by atoms with Crippen LogP contribution in [0, 0.1) is 0 Å². The molecule has 6 nitrogen and oxygen atoms in total. The summed E-state index contributed by atoms with van der Waals surface area (Å²) in [6.45, 7) is 0.642. The first-order valence-corrected chi connectivity index (χ1v) is 4.40. The van der Waals surface area contributed by atoms with Gasteiger partial charge in [-0.2, -0.15) is 0 Å². The first-order valence-electron chi connectivity index (χ1n) is 2.87. The standard InChI is InChI=1S/C4H12NO5P/c1-4(5,2-6)3-10-11(7,8)9/h6H,2-3,5H2,1H3,(H2,7,8,9). The molecule has 0 saturated heterocycles. The van der Waals surface area contributed by atoms with E-state index in [0.717, 1.165) is 0 Å². The summed E-state index contributed by atoms with van der Waals surface area (Å²) >= 11 is 0. The predicted molar refractivity (Wildman–Crippen MR) is 37.7 cm³/mol. The number of nitrogens with two attached hydrogens (primary N) is 1. The van der Waals surface area contributed by atoms with Gasteiger partial charge in [-0.3, -0.25) is 4.52 Å². The fraction of sp³-hybridized carbons (Fsp3) is 1.00. The smallest absolute Gasteiger partial charge is 0.394 e. The quantitative estimate of drug-likeness (QED) is 0.409. The van der Waals surface area contributed by atoms with Crippen LogP contribution in [-0.4, -0.2) is 33.6 Å². The molecule has 0 spiro atoms. The summed E-state index contributed by atoms with van der Waals surface area (Å²) < 4.78 is 14.2. The van der Waals surface area contributed by atoms with Crippen LogP contribution in [0.2, 0.25) is 0 Å². The fourth-order valence-electron chi connectivity index (χ4n) is 0.277. The van der Waals surface area contributed by atoms with E-state index in [1.807, 2.05) is 0 Å². The third-order valence-electron chi connectivity index (χ3n) is 0.924. The first-order chi connectivity index (χ1) is 4.77. The van der Waals surface area contributed by atoms with Crippen LogP contribution in [0.1, 0.15) is 6.92 Å². The van der Waals surface area contributed by atoms with E-state index in [9.17, 15) is 4.57 Å². The lowest BCUT2D eigenvalue weighted by Gasteiger charge is -2.21. The maximum absolute atomic E-state index is 10.1. The molecule has 11 heavy (non-hydrogen) atoms. The van der Waals surface area contributed by atoms with Crippen molar-refractivity contribution in [1.29, 1.82) is 0 Å². The van der Waals surface area contributed by atoms with Crippen LogP contribution in [0.25, 0.3) is 0 Å². The average molecular weight is 185 g/mol. The monoisotopic (exact) mass is 185 g/mol. The molecule has 0 fully saturated rings. The van der Waals surface area contributed by atoms with E-state index in [1.54, 1.807) is 0 Å². The molecule has 0 saturated carbocycles. The van der Waals surface area contributed by atoms with Crippen molar-refractivity contribution in [3.63, 3.8) is 0 Å². The van der Waals surface area contributed by atoms with E-state index in [2.05, 4.69) is 4.52 Å². The van der Waals surface area contributed by atoms with Gasteiger partial charge in [-0.15, -0.1) is 0 Å². The molecule has 1 unspecified atom stereocenters. The average Bonchev–Trinajstić information content (AvgIpc) is 1.83. The number of rotatable bonds is 4. The Morgan fingerprint density at radius 1 is 1.64 bits per heavy atom. The fourth-order valence-corrected chi connectivity index (χ4v) is 0.740. The molecule has 0 heterocycles. The lowest BCUT2D eigenvalue weighted by atomic mass is 10.1. The summed E-state index contributed by atoms with van der Waals surface area (Å²) in [6, 6.07) is 0. The second-order valence-electron chi connectivity index (χ2n) is 2.58. The van der Waals surface area contributed by atoms with Crippen LogP contribution in [0.4, 0.5) is 0 Å². The van der Waals surface area contributed by atoms with Gasteiger partial charge in [-0.05, 0) is 6.92 Å². The molecule has 0 radical (unpaired) electrons. The van der Waals surface area contributed by atoms with Gasteiger partial charge in [0.15, 0.2) is 0 Å². The zero-order valence-corrected chi connectivity index (χ0v) is 6.99. The van der Waals surface area contributed by atoms with Gasteiger partial charge in [0, 0.05) is 0 Å². The second-order valence-corrected chi connectivity index (χ2v) is 3.82. The Hall–Kier alpha value is 0.0300. The molecule has 1 atom stereocenters. The highest BCUT2D eigenvalue weighted by atomic mass is 31.2. The highest BCUT2D eigenvalue weighted by Gasteiger charge is 2.23. The Morgan fingerprint density at radius 3 is 2.36 bits per heavy atom. The lowest BCUT2D eigenvalue weighted by molar-refractivity contribution is 0.117. The molecule has 0 aliphatic heterocycles. The van der Waals surface area contributed by atoms with Gasteiger partial charge in [0.1, 0.15) is 0 Å². The van der Waals surface area contributed by atoms with Crippen molar-refractivity contribution in [3.05, 3.63) is 0 Å². The van der Waals surface area contributed by atoms with Crippen LogP contribution in [-0.2, 0) is 9.09 Å². The van der Waals surface area contributed by atoms with E-state index in [4.69, 9.17) is 20.6 Å². The van der Waals surface area contributed by atoms with E-state index in [0.29, 0.717) is 0 Å². The van der Waals surface area contributed by atoms with Crippen molar-refractivity contribution < 1.29 is 24.0 Å². The molecule has 68 valence electrons. The molecular formula is C4H12NO5P. The molecular weight excluding hydrogens is 173 g/mol. The Balaban J connectivity index is 3.80. The first kappa shape index (κ1) is 11.0. The van der Waals surface area contributed by atoms with Gasteiger partial charge in [0.2, 0.25) is 0 Å². The Morgan fingerprint density at radius 2 is 2.09 bits per heavy atom. The summed E-state index contributed by atoms with van der Waals surface area (Å²) in [5.41, 5.74) is 4.19. The van der Waals surface area contributed by atoms with Crippen molar-refractivity contribution >= 4 is 7.82 Å². The largest absolute Gasteiger partial charge is 0.469 e. The summed E-state index contributed by atoms with van der Waals surface area (Å²) in [7, 11) is -4.47. The molecule has 0 aromatic heterocycles. The minimum atomic E-state index is -4.47. The van der Waals surface area contributed by atoms with Crippen LogP contribution >= 0.6 is 7.82 Å². The summed E-state index contributed by atoms with van der Waals surface area (Å²) in [5, 5.41) is 8.53. The van der Waals surface area contributed by atoms with E-state index in [1.165, 1.54) is 6.92 Å². The molecule has 0 rings (SSSR count). The molecule has 0 aromatic rings. The third-order valence-corrected chi connectivity index (χ3v) is 1.39. The van der Waals surface area contributed by atoms with Gasteiger partial charge in [0.05, 0.1) is 18.8 Å². The molecule has 0 aliphatic rings. The van der Waals surface area contributed by atoms with Crippen LogP contribution in [0.3, 0.4) is 0 Å². The van der Waals surface area contributed by atoms with E-state index >= 15 is 0 Å². The van der Waals surface area contributed by atoms with Crippen LogP contribution in [0.15, 0.2) is 0 Å². The van der Waals surface area contributed by atoms with Crippen molar-refractivity contribution in [1.82, 2.24) is 0 Å². The summed E-state index contributed by atoms with van der Waals surface area (Å²) in [4.78, 5) is 16.5. The Labute approximate surface area is 64.2 Å². The zero-order valence-electron chi connectivity index (χ0n) is 6.10. The summed E-state index contributed by atoms with van der Waals surface area (Å²) in [6.07, 6.45) is 0. The van der Waals surface area contributed by atoms with Crippen molar-refractivity contribution in [2.45, 2.75) is 12.5 Å². The van der Waals surface area contributed by atoms with Gasteiger partial charge < -0.3 is 20.6 Å². The molecule has 0 bridgehead atoms. The van der Waals surface area contributed by atoms with Crippen molar-refractivity contribution in [2.24, 2.45) is 5.73 Å². The number of aliphatic hydroxyl groups excluding tert-OH is 1. The van der Waals surface area contributed by atoms with Gasteiger partial charge in [-0.1, -0.05) is 0 Å². The second kappa shape index (κ2) is 3.62. The van der Waals surface area contributed by atoms with Crippen LogP contribution < -0.4 is 5.73 Å².